The molecule has 322 valence electrons. The van der Waals surface area contributed by atoms with E-state index >= 15 is 0 Å². The molecule has 0 bridgehead atoms. The number of H-pyrrole nitrogens is 2. The summed E-state index contributed by atoms with van der Waals surface area (Å²) in [6, 6.07) is 16.9. The molecule has 1 spiro atoms. The van der Waals surface area contributed by atoms with Gasteiger partial charge in [0.1, 0.15) is 34.9 Å². The van der Waals surface area contributed by atoms with Crippen molar-refractivity contribution in [3.8, 4) is 22.4 Å². The third-order valence-electron chi connectivity index (χ3n) is 13.7. The van der Waals surface area contributed by atoms with E-state index < -0.39 is 24.3 Å². The van der Waals surface area contributed by atoms with Gasteiger partial charge in [-0.2, -0.15) is 0 Å². The van der Waals surface area contributed by atoms with Crippen LogP contribution in [0.25, 0.3) is 55.4 Å². The van der Waals surface area contributed by atoms with Crippen LogP contribution in [-0.2, 0) is 19.1 Å². The Morgan fingerprint density at radius 1 is 0.774 bits per heavy atom. The molecule has 15 heteroatoms. The van der Waals surface area contributed by atoms with Crippen molar-refractivity contribution in [2.75, 3.05) is 20.8 Å². The van der Waals surface area contributed by atoms with Crippen LogP contribution in [0.5, 0.6) is 0 Å². The third kappa shape index (κ3) is 6.91. The number of nitrogens with one attached hydrogen (secondary N) is 4. The summed E-state index contributed by atoms with van der Waals surface area (Å²) in [6.07, 6.45) is 5.34. The van der Waals surface area contributed by atoms with Crippen molar-refractivity contribution in [2.45, 2.75) is 90.0 Å². The lowest BCUT2D eigenvalue weighted by Crippen LogP contribution is -2.52. The number of aromatic nitrogens is 4. The van der Waals surface area contributed by atoms with E-state index in [0.29, 0.717) is 12.5 Å². The van der Waals surface area contributed by atoms with Gasteiger partial charge < -0.3 is 44.3 Å². The smallest absolute Gasteiger partial charge is 0.407 e. The average molecular weight is 841 g/mol. The molecule has 6 aromatic rings. The molecule has 3 aromatic carbocycles. The number of furan rings is 1. The van der Waals surface area contributed by atoms with Crippen LogP contribution in [0.2, 0.25) is 0 Å². The van der Waals surface area contributed by atoms with E-state index in [1.807, 2.05) is 55.8 Å². The van der Waals surface area contributed by atoms with Gasteiger partial charge in [-0.25, -0.2) is 19.6 Å². The van der Waals surface area contributed by atoms with Crippen LogP contribution >= 0.6 is 0 Å². The fourth-order valence-corrected chi connectivity index (χ4v) is 9.97. The number of amides is 4. The van der Waals surface area contributed by atoms with Crippen molar-refractivity contribution < 1.29 is 33.1 Å². The summed E-state index contributed by atoms with van der Waals surface area (Å²) in [5.74, 6) is 1.45. The minimum absolute atomic E-state index is 0.0998. The Kier molecular flexibility index (Phi) is 9.56. The maximum atomic E-state index is 14.0. The number of ether oxygens (including phenoxy) is 2. The van der Waals surface area contributed by atoms with Crippen LogP contribution in [-0.4, -0.2) is 92.6 Å². The minimum Gasteiger partial charge on any atom is -0.456 e. The minimum atomic E-state index is -0.703. The van der Waals surface area contributed by atoms with Crippen molar-refractivity contribution in [3.63, 3.8) is 0 Å². The zero-order chi connectivity index (χ0) is 43.2. The summed E-state index contributed by atoms with van der Waals surface area (Å²) in [5.41, 5.74) is 7.04. The highest BCUT2D eigenvalue weighted by molar-refractivity contribution is 6.07. The molecular weight excluding hydrogens is 789 g/mol. The summed E-state index contributed by atoms with van der Waals surface area (Å²) in [5, 5.41) is 7.50. The normalized spacial score (nSPS) is 22.1. The molecule has 2 saturated heterocycles. The quantitative estimate of drug-likeness (QED) is 0.106. The van der Waals surface area contributed by atoms with E-state index in [2.05, 4.69) is 63.1 Å². The molecule has 3 aromatic heterocycles. The van der Waals surface area contributed by atoms with Crippen LogP contribution in [0.1, 0.15) is 83.5 Å². The van der Waals surface area contributed by atoms with E-state index in [4.69, 9.17) is 23.9 Å². The summed E-state index contributed by atoms with van der Waals surface area (Å²) in [6.45, 7) is 8.32. The Bertz CT molecular complexity index is 2760. The number of hydrogen-bond acceptors (Lipinski definition) is 9. The Balaban J connectivity index is 0.888. The Morgan fingerprint density at radius 2 is 1.40 bits per heavy atom. The number of aromatic amines is 2. The molecule has 2 saturated carbocycles. The van der Waals surface area contributed by atoms with Gasteiger partial charge in [0, 0.05) is 28.9 Å². The van der Waals surface area contributed by atoms with Crippen molar-refractivity contribution in [1.29, 1.82) is 0 Å². The first-order valence-corrected chi connectivity index (χ1v) is 21.7. The van der Waals surface area contributed by atoms with E-state index in [0.717, 1.165) is 99.1 Å². The van der Waals surface area contributed by atoms with Gasteiger partial charge in [0.25, 0.3) is 0 Å². The number of alkyl carbamates (subject to hydrolysis) is 2. The van der Waals surface area contributed by atoms with Crippen molar-refractivity contribution in [3.05, 3.63) is 72.4 Å². The second kappa shape index (κ2) is 14.9. The Morgan fingerprint density at radius 3 is 2.06 bits per heavy atom. The van der Waals surface area contributed by atoms with Gasteiger partial charge in [-0.05, 0) is 103 Å². The lowest BCUT2D eigenvalue weighted by Gasteiger charge is -2.31. The highest BCUT2D eigenvalue weighted by atomic mass is 16.5. The molecule has 6 atom stereocenters. The fraction of sp³-hybridized carbons (Fsp3) is 0.447. The predicted octanol–water partition coefficient (Wildman–Crippen LogP) is 8.00. The molecule has 15 nitrogen and oxygen atoms in total. The van der Waals surface area contributed by atoms with E-state index in [-0.39, 0.29) is 47.2 Å². The van der Waals surface area contributed by atoms with Crippen LogP contribution in [0.3, 0.4) is 0 Å². The van der Waals surface area contributed by atoms with Crippen LogP contribution in [0.4, 0.5) is 9.59 Å². The molecule has 5 heterocycles. The monoisotopic (exact) mass is 840 g/mol. The molecular formula is C47H52N8O7. The number of benzene rings is 3. The highest BCUT2D eigenvalue weighted by Crippen LogP contribution is 2.58. The number of nitrogens with zero attached hydrogens (tertiary/aromatic N) is 4. The second-order valence-corrected chi connectivity index (χ2v) is 18.5. The molecule has 4 N–H and O–H groups in total. The van der Waals surface area contributed by atoms with Gasteiger partial charge >= 0.3 is 12.2 Å². The maximum Gasteiger partial charge on any atom is 0.407 e. The first-order valence-electron chi connectivity index (χ1n) is 21.7. The standard InChI is InChI=1S/C47H52N8O7/c1-23(2)39(52-45(58)60-5)43(56)54-22-47(13-14-47)20-36(54)41-48-21-33(51-41)27-8-11-30-29-10-7-26(18-37(29)62-38(30)19-27)25-9-12-31-32(15-25)50-42(49-31)35-17-28-16-34(28)55(35)44(57)40(24(3)4)53-46(59)61-6/h7-12,15,18-19,21,23-24,28,34-36,39-40H,13-14,16-17,20,22H2,1-6H3,(H,48,51)(H,49,50)(H,52,58)(H,53,59)/t28?,34-,35?,36+,39+,40+/m1/s1. The van der Waals surface area contributed by atoms with E-state index in [1.54, 1.807) is 0 Å². The number of hydrogen-bond donors (Lipinski definition) is 4. The van der Waals surface area contributed by atoms with Crippen molar-refractivity contribution in [1.82, 2.24) is 40.4 Å². The predicted molar refractivity (Wildman–Crippen MR) is 232 cm³/mol. The van der Waals surface area contributed by atoms with E-state index in [1.165, 1.54) is 14.2 Å². The van der Waals surface area contributed by atoms with Gasteiger partial charge in [-0.15, -0.1) is 0 Å². The van der Waals surface area contributed by atoms with Crippen LogP contribution < -0.4 is 10.6 Å². The molecule has 4 fully saturated rings. The molecule has 2 aliphatic heterocycles. The Labute approximate surface area is 358 Å². The van der Waals surface area contributed by atoms with Crippen LogP contribution in [0.15, 0.2) is 65.2 Å². The van der Waals surface area contributed by atoms with Gasteiger partial charge in [-0.3, -0.25) is 9.59 Å². The first-order chi connectivity index (χ1) is 29.8. The Hall–Kier alpha value is -6.38. The number of imidazole rings is 2. The number of fused-ring (bicyclic) bond motifs is 5. The second-order valence-electron chi connectivity index (χ2n) is 18.5. The van der Waals surface area contributed by atoms with Gasteiger partial charge in [0.05, 0.1) is 49.2 Å². The summed E-state index contributed by atoms with van der Waals surface area (Å²) in [7, 11) is 2.60. The average Bonchev–Trinajstić information content (AvgIpc) is 3.77. The number of methoxy groups -OCH3 is 2. The zero-order valence-corrected chi connectivity index (χ0v) is 35.8. The number of likely N-dealkylation sites (tertiary alicyclic amines) is 2. The number of carbonyl (C=O) groups excluding carboxylic acids is 4. The van der Waals surface area contributed by atoms with Gasteiger partial charge in [-0.1, -0.05) is 45.9 Å². The SMILES string of the molecule is COC(=O)N[C@H](C(=O)N1CC2(CC2)C[C@H]1c1ncc(-c2ccc3c(c2)oc2cc(-c4ccc5nc(C6CC7C[C@H]7N6C(=O)[C@@H](NC(=O)OC)C(C)C)[nH]c5c4)ccc23)[nH]1)C(C)C. The lowest BCUT2D eigenvalue weighted by molar-refractivity contribution is -0.137. The van der Waals surface area contributed by atoms with Gasteiger partial charge in [0.2, 0.25) is 11.8 Å². The molecule has 0 radical (unpaired) electrons. The number of rotatable bonds is 10. The van der Waals surface area contributed by atoms with Gasteiger partial charge in [0.15, 0.2) is 0 Å². The third-order valence-corrected chi connectivity index (χ3v) is 13.7. The highest BCUT2D eigenvalue weighted by Gasteiger charge is 2.57. The summed E-state index contributed by atoms with van der Waals surface area (Å²) < 4.78 is 16.2. The molecule has 4 aliphatic rings. The lowest BCUT2D eigenvalue weighted by atomic mass is 10.0. The zero-order valence-electron chi connectivity index (χ0n) is 35.8. The van der Waals surface area contributed by atoms with Crippen molar-refractivity contribution in [2.24, 2.45) is 23.2 Å². The molecule has 62 heavy (non-hydrogen) atoms. The van der Waals surface area contributed by atoms with E-state index in [9.17, 15) is 19.2 Å². The van der Waals surface area contributed by atoms with Crippen LogP contribution in [0, 0.1) is 23.2 Å². The molecule has 2 aliphatic carbocycles. The number of piperidine rings is 1. The molecule has 4 amide bonds. The maximum absolute atomic E-state index is 14.0. The number of carbonyl (C=O) groups is 4. The molecule has 10 rings (SSSR count). The first kappa shape index (κ1) is 39.7. The summed E-state index contributed by atoms with van der Waals surface area (Å²) >= 11 is 0. The van der Waals surface area contributed by atoms with Crippen molar-refractivity contribution >= 4 is 57.0 Å². The molecule has 2 unspecified atom stereocenters. The fourth-order valence-electron chi connectivity index (χ4n) is 9.97. The largest absolute Gasteiger partial charge is 0.456 e. The topological polar surface area (TPSA) is 188 Å². The summed E-state index contributed by atoms with van der Waals surface area (Å²) in [4.78, 5) is 72.8.